The Balaban J connectivity index is 1.66. The number of aromatic nitrogens is 4. The molecule has 202 valence electrons. The Bertz CT molecular complexity index is 1500. The summed E-state index contributed by atoms with van der Waals surface area (Å²) in [5.41, 5.74) is 1.72. The van der Waals surface area contributed by atoms with Gasteiger partial charge in [0.15, 0.2) is 6.33 Å². The minimum absolute atomic E-state index is 0.0175. The minimum atomic E-state index is -0.429. The van der Waals surface area contributed by atoms with Gasteiger partial charge in [-0.05, 0) is 24.1 Å². The van der Waals surface area contributed by atoms with Crippen molar-refractivity contribution in [2.45, 2.75) is 33.4 Å². The summed E-state index contributed by atoms with van der Waals surface area (Å²) >= 11 is 0. The zero-order valence-corrected chi connectivity index (χ0v) is 21.8. The molecule has 11 nitrogen and oxygen atoms in total. The Morgan fingerprint density at radius 3 is 2.21 bits per heavy atom. The molecule has 4 rings (SSSR count). The van der Waals surface area contributed by atoms with Crippen molar-refractivity contribution in [1.29, 1.82) is 0 Å². The van der Waals surface area contributed by atoms with Crippen LogP contribution in [0.25, 0.3) is 11.2 Å². The third-order valence-corrected chi connectivity index (χ3v) is 6.00. The van der Waals surface area contributed by atoms with Gasteiger partial charge in [0.05, 0.1) is 26.3 Å². The number of anilines is 1. The summed E-state index contributed by atoms with van der Waals surface area (Å²) in [6.07, 6.45) is 2.26. The molecule has 0 fully saturated rings. The van der Waals surface area contributed by atoms with Gasteiger partial charge in [-0.2, -0.15) is 0 Å². The van der Waals surface area contributed by atoms with Crippen LogP contribution in [0.2, 0.25) is 0 Å². The van der Waals surface area contributed by atoms with Gasteiger partial charge in [0, 0.05) is 25.3 Å². The fourth-order valence-corrected chi connectivity index (χ4v) is 4.09. The maximum absolute atomic E-state index is 13.2. The minimum Gasteiger partial charge on any atom is -0.465 e. The summed E-state index contributed by atoms with van der Waals surface area (Å²) in [6.45, 7) is 3.60. The smallest absolute Gasteiger partial charge is 0.311 e. The van der Waals surface area contributed by atoms with E-state index < -0.39 is 23.4 Å². The summed E-state index contributed by atoms with van der Waals surface area (Å²) < 4.78 is 13.9. The van der Waals surface area contributed by atoms with Crippen molar-refractivity contribution in [3.63, 3.8) is 0 Å². The zero-order valence-electron chi connectivity index (χ0n) is 21.8. The van der Waals surface area contributed by atoms with Gasteiger partial charge in [0.1, 0.15) is 0 Å². The number of nitrogens with one attached hydrogen (secondary N) is 2. The van der Waals surface area contributed by atoms with Crippen LogP contribution in [0.1, 0.15) is 36.2 Å². The molecule has 0 aliphatic rings. The fourth-order valence-electron chi connectivity index (χ4n) is 4.09. The van der Waals surface area contributed by atoms with Gasteiger partial charge in [-0.25, -0.2) is 4.57 Å². The second-order valence-corrected chi connectivity index (χ2v) is 9.09. The second kappa shape index (κ2) is 12.6. The lowest BCUT2D eigenvalue weighted by Gasteiger charge is -2.15. The highest BCUT2D eigenvalue weighted by atomic mass is 16.5. The third kappa shape index (κ3) is 7.37. The lowest BCUT2D eigenvalue weighted by molar-refractivity contribution is -0.675. The molecule has 2 aromatic carbocycles. The molecule has 0 unspecified atom stereocenters. The molecule has 1 amide bonds. The number of imidazole rings is 1. The van der Waals surface area contributed by atoms with E-state index in [0.717, 1.165) is 5.56 Å². The highest BCUT2D eigenvalue weighted by molar-refractivity contribution is 6.03. The summed E-state index contributed by atoms with van der Waals surface area (Å²) in [5.74, 6) is -1.51. The lowest BCUT2D eigenvalue weighted by Crippen LogP contribution is -2.36. The average molecular weight is 533 g/mol. The van der Waals surface area contributed by atoms with E-state index in [1.807, 2.05) is 30.3 Å². The number of nitrogens with zero attached hydrogens (tertiary/aromatic N) is 3. The molecule has 0 saturated carbocycles. The van der Waals surface area contributed by atoms with Crippen LogP contribution >= 0.6 is 0 Å². The van der Waals surface area contributed by atoms with Crippen LogP contribution in [0.4, 0.5) is 5.95 Å². The van der Waals surface area contributed by atoms with Crippen LogP contribution in [0, 0.1) is 5.92 Å². The topological polar surface area (TPSA) is 136 Å². The molecule has 0 radical (unpaired) electrons. The van der Waals surface area contributed by atoms with Crippen molar-refractivity contribution < 1.29 is 28.4 Å². The number of carbonyl (C=O) groups excluding carboxylic acids is 3. The highest BCUT2D eigenvalue weighted by Gasteiger charge is 2.24. The SMILES string of the molecule is CC(=O)OCC(CC[n+]1cn(Cc2ccccc2)c2c(=O)[nH]c(NC(=O)c3ccccc3)nc21)COC(C)=O. The Labute approximate surface area is 224 Å². The molecule has 0 aliphatic carbocycles. The van der Waals surface area contributed by atoms with Gasteiger partial charge in [-0.3, -0.25) is 34.0 Å². The highest BCUT2D eigenvalue weighted by Crippen LogP contribution is 2.13. The van der Waals surface area contributed by atoms with Crippen LogP contribution in [-0.2, 0) is 32.2 Å². The molecule has 0 saturated heterocycles. The van der Waals surface area contributed by atoms with E-state index >= 15 is 0 Å². The van der Waals surface area contributed by atoms with Gasteiger partial charge in [0.2, 0.25) is 5.52 Å². The monoisotopic (exact) mass is 532 g/mol. The number of amides is 1. The molecular formula is C28H30N5O6+. The lowest BCUT2D eigenvalue weighted by atomic mass is 10.1. The number of fused-ring (bicyclic) bond motifs is 1. The van der Waals surface area contributed by atoms with Gasteiger partial charge in [-0.15, -0.1) is 0 Å². The zero-order chi connectivity index (χ0) is 27.8. The van der Waals surface area contributed by atoms with Gasteiger partial charge >= 0.3 is 17.6 Å². The summed E-state index contributed by atoms with van der Waals surface area (Å²) in [6, 6.07) is 18.3. The Morgan fingerprint density at radius 1 is 0.974 bits per heavy atom. The van der Waals surface area contributed by atoms with Crippen LogP contribution in [-0.4, -0.2) is 45.6 Å². The first-order valence-corrected chi connectivity index (χ1v) is 12.5. The van der Waals surface area contributed by atoms with Crippen molar-refractivity contribution in [3.05, 3.63) is 88.5 Å². The maximum Gasteiger partial charge on any atom is 0.311 e. The van der Waals surface area contributed by atoms with E-state index in [1.54, 1.807) is 45.8 Å². The first-order chi connectivity index (χ1) is 18.8. The number of benzene rings is 2. The van der Waals surface area contributed by atoms with E-state index in [0.29, 0.717) is 36.2 Å². The normalized spacial score (nSPS) is 10.9. The van der Waals surface area contributed by atoms with Crippen molar-refractivity contribution in [1.82, 2.24) is 14.5 Å². The summed E-state index contributed by atoms with van der Waals surface area (Å²) in [4.78, 5) is 55.9. The molecule has 0 bridgehead atoms. The van der Waals surface area contributed by atoms with Gasteiger partial charge in [0.25, 0.3) is 17.4 Å². The predicted octanol–water partition coefficient (Wildman–Crippen LogP) is 2.45. The number of aromatic amines is 1. The predicted molar refractivity (Wildman–Crippen MR) is 142 cm³/mol. The summed E-state index contributed by atoms with van der Waals surface area (Å²) in [7, 11) is 0. The summed E-state index contributed by atoms with van der Waals surface area (Å²) in [5, 5.41) is 2.66. The van der Waals surface area contributed by atoms with E-state index in [2.05, 4.69) is 15.3 Å². The molecule has 2 heterocycles. The fraction of sp³-hybridized carbons (Fsp3) is 0.286. The van der Waals surface area contributed by atoms with E-state index in [-0.39, 0.29) is 25.1 Å². The van der Waals surface area contributed by atoms with Crippen molar-refractivity contribution in [3.8, 4) is 0 Å². The first-order valence-electron chi connectivity index (χ1n) is 12.5. The van der Waals surface area contributed by atoms with Crippen molar-refractivity contribution in [2.75, 3.05) is 18.5 Å². The number of aryl methyl sites for hydroxylation is 1. The quantitative estimate of drug-likeness (QED) is 0.224. The average Bonchev–Trinajstić information content (AvgIpc) is 3.26. The number of rotatable bonds is 11. The molecule has 11 heteroatoms. The molecule has 0 spiro atoms. The van der Waals surface area contributed by atoms with Crippen LogP contribution in [0.3, 0.4) is 0 Å². The van der Waals surface area contributed by atoms with Crippen LogP contribution < -0.4 is 15.4 Å². The Morgan fingerprint density at radius 2 is 1.59 bits per heavy atom. The van der Waals surface area contributed by atoms with Gasteiger partial charge < -0.3 is 9.47 Å². The number of hydrogen-bond donors (Lipinski definition) is 2. The van der Waals surface area contributed by atoms with Crippen molar-refractivity contribution in [2.24, 2.45) is 5.92 Å². The van der Waals surface area contributed by atoms with E-state index in [4.69, 9.17) is 9.47 Å². The molecule has 0 aliphatic heterocycles. The maximum atomic E-state index is 13.2. The molecule has 39 heavy (non-hydrogen) atoms. The number of ether oxygens (including phenoxy) is 2. The molecule has 2 N–H and O–H groups in total. The number of hydrogen-bond acceptors (Lipinski definition) is 7. The van der Waals surface area contributed by atoms with E-state index in [9.17, 15) is 19.2 Å². The number of esters is 2. The molecule has 2 aromatic heterocycles. The van der Waals surface area contributed by atoms with Crippen LogP contribution in [0.15, 0.2) is 71.8 Å². The molecule has 0 atom stereocenters. The molecule has 4 aromatic rings. The number of carbonyl (C=O) groups is 3. The molecular weight excluding hydrogens is 502 g/mol. The van der Waals surface area contributed by atoms with E-state index in [1.165, 1.54) is 13.8 Å². The Kier molecular flexibility index (Phi) is 8.82. The number of H-pyrrole nitrogens is 1. The van der Waals surface area contributed by atoms with Crippen molar-refractivity contribution >= 4 is 35.0 Å². The third-order valence-electron chi connectivity index (χ3n) is 6.00. The standard InChI is InChI=1S/C28H29N5O6/c1-19(34)38-16-22(17-39-20(2)35)13-14-32-18-33(15-21-9-5-3-6-10-21)24-25(32)29-28(31-27(24)37)30-26(36)23-11-7-4-8-12-23/h3-12,18,22H,13-17H2,1-2H3,(H-,29,30,31,36,37)/p+1. The van der Waals surface area contributed by atoms with Gasteiger partial charge in [-0.1, -0.05) is 53.5 Å². The second-order valence-electron chi connectivity index (χ2n) is 9.09. The first kappa shape index (κ1) is 27.2. The largest absolute Gasteiger partial charge is 0.465 e. The van der Waals surface area contributed by atoms with Crippen LogP contribution in [0.5, 0.6) is 0 Å². The Hall–Kier alpha value is -4.80.